The normalized spacial score (nSPS) is 11.7. The zero-order valence-electron chi connectivity index (χ0n) is 18.6. The van der Waals surface area contributed by atoms with Crippen LogP contribution in [0.2, 0.25) is 11.6 Å². The Hall–Kier alpha value is -1.58. The smallest absolute Gasteiger partial charge is 0.0970 e. The van der Waals surface area contributed by atoms with Crippen molar-refractivity contribution in [3.8, 4) is 0 Å². The van der Waals surface area contributed by atoms with Crippen molar-refractivity contribution in [2.24, 2.45) is 0 Å². The third-order valence-electron chi connectivity index (χ3n) is 5.28. The summed E-state index contributed by atoms with van der Waals surface area (Å²) in [6.07, 6.45) is 0. The molecule has 0 aromatic heterocycles. The Balaban J connectivity index is 2.31. The Morgan fingerprint density at radius 3 is 1.38 bits per heavy atom. The summed E-state index contributed by atoms with van der Waals surface area (Å²) in [5.41, 5.74) is 4.46. The van der Waals surface area contributed by atoms with Gasteiger partial charge in [0, 0.05) is 0 Å². The van der Waals surface area contributed by atoms with E-state index in [1.165, 1.54) is 27.4 Å². The van der Waals surface area contributed by atoms with Gasteiger partial charge in [0.1, 0.15) is 0 Å². The zero-order chi connectivity index (χ0) is 21.0. The highest BCUT2D eigenvalue weighted by atomic mass is 31.1. The average Bonchev–Trinajstić information content (AvgIpc) is 2.72. The van der Waals surface area contributed by atoms with E-state index in [0.717, 1.165) is 0 Å². The third kappa shape index (κ3) is 4.95. The molecule has 0 bridgehead atoms. The third-order valence-corrected chi connectivity index (χ3v) is 10.8. The van der Waals surface area contributed by atoms with Crippen molar-refractivity contribution in [2.45, 2.75) is 51.1 Å². The molecule has 0 N–H and O–H groups in total. The standard InChI is InChI=1S/C24H27NP.2CH3.Al/c1-18(2)22-16-11-17-23(19(3)4)24(22)25-26(20-12-7-5-8-13-20)21-14-9-6-10-15-21;;;/h5-19H,1-4H3;2*1H3;/q-1;;;. The molecular formula is C26H33AlNP-. The van der Waals surface area contributed by atoms with Gasteiger partial charge in [-0.2, -0.15) is 0 Å². The van der Waals surface area contributed by atoms with Gasteiger partial charge in [-0.1, -0.05) is 107 Å². The maximum Gasteiger partial charge on any atom is 0.0970 e. The summed E-state index contributed by atoms with van der Waals surface area (Å²) in [5, 5.41) is 2.87. The molecule has 29 heavy (non-hydrogen) atoms. The monoisotopic (exact) mass is 417 g/mol. The minimum Gasteiger partial charge on any atom is -0.589 e. The topological polar surface area (TPSA) is 3.24 Å². The Morgan fingerprint density at radius 1 is 0.621 bits per heavy atom. The van der Waals surface area contributed by atoms with E-state index in [9.17, 15) is 0 Å². The van der Waals surface area contributed by atoms with E-state index in [2.05, 4.69) is 122 Å². The molecular weight excluding hydrogens is 384 g/mol. The zero-order valence-corrected chi connectivity index (χ0v) is 20.7. The number of anilines is 1. The minimum atomic E-state index is -1.19. The highest BCUT2D eigenvalue weighted by molar-refractivity contribution is 7.76. The summed E-state index contributed by atoms with van der Waals surface area (Å²) in [6, 6.07) is 29.2. The van der Waals surface area contributed by atoms with Crippen LogP contribution in [0.3, 0.4) is 0 Å². The molecule has 0 fully saturated rings. The molecule has 0 saturated carbocycles. The quantitative estimate of drug-likeness (QED) is 0.294. The molecule has 0 amide bonds. The van der Waals surface area contributed by atoms with Gasteiger partial charge in [-0.05, 0) is 47.3 Å². The van der Waals surface area contributed by atoms with Crippen LogP contribution in [0.25, 0.3) is 0 Å². The Bertz CT molecular complexity index is 841. The maximum atomic E-state index is 2.85. The number of hydrogen-bond donors (Lipinski definition) is 0. The molecule has 0 atom stereocenters. The van der Waals surface area contributed by atoms with Gasteiger partial charge < -0.3 is 3.65 Å². The molecule has 3 aromatic rings. The molecule has 0 saturated heterocycles. The van der Waals surface area contributed by atoms with Crippen molar-refractivity contribution in [3.63, 3.8) is 0 Å². The van der Waals surface area contributed by atoms with E-state index in [0.29, 0.717) is 11.8 Å². The molecule has 3 rings (SSSR count). The highest BCUT2D eigenvalue weighted by Crippen LogP contribution is 2.48. The van der Waals surface area contributed by atoms with Crippen LogP contribution in [-0.2, 0) is 0 Å². The number of rotatable bonds is 7. The lowest BCUT2D eigenvalue weighted by molar-refractivity contribution is 0.836. The summed E-state index contributed by atoms with van der Waals surface area (Å²) >= 11 is -1.19. The summed E-state index contributed by atoms with van der Waals surface area (Å²) in [4.78, 5) is 0. The molecule has 1 radical (unpaired) electrons. The molecule has 3 heteroatoms. The second kappa shape index (κ2) is 9.95. The van der Waals surface area contributed by atoms with Gasteiger partial charge in [0.2, 0.25) is 0 Å². The SMILES string of the molecule is CC(C)c1cccc(C(C)C)c1[N]([Al-]([CH3])[CH3])P(c1ccccc1)c1ccccc1. The highest BCUT2D eigenvalue weighted by Gasteiger charge is 2.24. The van der Waals surface area contributed by atoms with E-state index in [1.807, 2.05) is 0 Å². The lowest BCUT2D eigenvalue weighted by Gasteiger charge is -2.50. The Kier molecular flexibility index (Phi) is 7.59. The average molecular weight is 418 g/mol. The van der Waals surface area contributed by atoms with Crippen LogP contribution in [0.15, 0.2) is 78.9 Å². The molecule has 0 aliphatic rings. The minimum absolute atomic E-state index is 0.502. The van der Waals surface area contributed by atoms with E-state index >= 15 is 0 Å². The number of benzene rings is 3. The summed E-state index contributed by atoms with van der Waals surface area (Å²) < 4.78 is 2.85. The van der Waals surface area contributed by atoms with E-state index in [-0.39, 0.29) is 0 Å². The first-order valence-electron chi connectivity index (χ1n) is 10.7. The first kappa shape index (κ1) is 22.1. The number of nitrogens with zero attached hydrogens (tertiary/aromatic N) is 1. The van der Waals surface area contributed by atoms with E-state index < -0.39 is 22.4 Å². The predicted molar refractivity (Wildman–Crippen MR) is 134 cm³/mol. The van der Waals surface area contributed by atoms with Crippen LogP contribution in [-0.4, -0.2) is 14.4 Å². The van der Waals surface area contributed by atoms with Crippen molar-refractivity contribution < 1.29 is 0 Å². The van der Waals surface area contributed by atoms with Crippen LogP contribution in [0, 0.1) is 0 Å². The molecule has 1 nitrogen and oxygen atoms in total. The van der Waals surface area contributed by atoms with Crippen molar-refractivity contribution in [3.05, 3.63) is 90.0 Å². The van der Waals surface area contributed by atoms with Gasteiger partial charge in [-0.15, -0.1) is 0 Å². The molecule has 0 spiro atoms. The summed E-state index contributed by atoms with van der Waals surface area (Å²) in [6.45, 7) is 9.32. The van der Waals surface area contributed by atoms with E-state index in [4.69, 9.17) is 0 Å². The van der Waals surface area contributed by atoms with Gasteiger partial charge >= 0.3 is 0 Å². The molecule has 0 unspecified atom stereocenters. The summed E-state index contributed by atoms with van der Waals surface area (Å²) in [7, 11) is -0.617. The van der Waals surface area contributed by atoms with Crippen LogP contribution in [0.1, 0.15) is 50.7 Å². The van der Waals surface area contributed by atoms with Crippen LogP contribution in [0.4, 0.5) is 5.69 Å². The number of para-hydroxylation sites is 1. The van der Waals surface area contributed by atoms with Crippen LogP contribution in [0.5, 0.6) is 0 Å². The lowest BCUT2D eigenvalue weighted by atomic mass is 9.93. The van der Waals surface area contributed by atoms with Crippen molar-refractivity contribution in [1.82, 2.24) is 0 Å². The Labute approximate surface area is 183 Å². The van der Waals surface area contributed by atoms with Crippen molar-refractivity contribution in [2.75, 3.05) is 3.65 Å². The second-order valence-electron chi connectivity index (χ2n) is 8.52. The lowest BCUT2D eigenvalue weighted by Crippen LogP contribution is -2.38. The Morgan fingerprint density at radius 2 is 1.03 bits per heavy atom. The second-order valence-corrected chi connectivity index (χ2v) is 13.7. The summed E-state index contributed by atoms with van der Waals surface area (Å²) in [5.74, 6) is 5.95. The van der Waals surface area contributed by atoms with Gasteiger partial charge in [-0.3, -0.25) is 0 Å². The molecule has 0 aliphatic heterocycles. The first-order valence-corrected chi connectivity index (χ1v) is 14.9. The van der Waals surface area contributed by atoms with Gasteiger partial charge in [0.25, 0.3) is 0 Å². The fourth-order valence-electron chi connectivity index (χ4n) is 3.90. The van der Waals surface area contributed by atoms with Gasteiger partial charge in [0.15, 0.2) is 0 Å². The van der Waals surface area contributed by atoms with Gasteiger partial charge in [0.05, 0.1) is 14.4 Å². The first-order chi connectivity index (χ1) is 13.9. The number of hydrogen-bond acceptors (Lipinski definition) is 1. The molecule has 3 aromatic carbocycles. The van der Waals surface area contributed by atoms with E-state index in [1.54, 1.807) is 0 Å². The predicted octanol–water partition coefficient (Wildman–Crippen LogP) is 7.04. The van der Waals surface area contributed by atoms with Crippen molar-refractivity contribution in [1.29, 1.82) is 0 Å². The largest absolute Gasteiger partial charge is 0.589 e. The van der Waals surface area contributed by atoms with Crippen LogP contribution >= 0.6 is 8.07 Å². The maximum absolute atomic E-state index is 2.85. The molecule has 0 aliphatic carbocycles. The fraction of sp³-hybridized carbons (Fsp3) is 0.308. The fourth-order valence-corrected chi connectivity index (χ4v) is 9.50. The van der Waals surface area contributed by atoms with Gasteiger partial charge in [-0.25, -0.2) is 11.6 Å². The van der Waals surface area contributed by atoms with Crippen molar-refractivity contribution >= 4 is 38.7 Å². The van der Waals surface area contributed by atoms with Crippen LogP contribution < -0.4 is 14.3 Å². The molecule has 0 heterocycles. The molecule has 151 valence electrons.